The molecule has 4 rings (SSSR count). The third kappa shape index (κ3) is 6.51. The number of halogens is 5. The van der Waals surface area contributed by atoms with Crippen LogP contribution >= 0.6 is 0 Å². The molecule has 0 bridgehead atoms. The highest BCUT2D eigenvalue weighted by molar-refractivity contribution is 5.89. The molecule has 0 aromatic heterocycles. The number of esters is 1. The molecule has 1 aliphatic carbocycles. The van der Waals surface area contributed by atoms with Crippen molar-refractivity contribution in [1.29, 1.82) is 0 Å². The van der Waals surface area contributed by atoms with E-state index in [1.807, 2.05) is 4.90 Å². The second-order valence-electron chi connectivity index (χ2n) is 10.2. The molecule has 0 radical (unpaired) electrons. The molecule has 1 saturated heterocycles. The molecule has 1 aliphatic heterocycles. The Balaban J connectivity index is 1.48. The topological polar surface area (TPSA) is 67.9 Å². The number of ether oxygens (including phenoxy) is 2. The quantitative estimate of drug-likeness (QED) is 0.348. The van der Waals surface area contributed by atoms with E-state index in [1.165, 1.54) is 19.2 Å². The van der Waals surface area contributed by atoms with Crippen LogP contribution in [-0.4, -0.2) is 54.5 Å². The number of alkyl halides is 5. The lowest BCUT2D eigenvalue weighted by Gasteiger charge is -2.45. The first-order valence-corrected chi connectivity index (χ1v) is 12.8. The van der Waals surface area contributed by atoms with Crippen molar-refractivity contribution in [1.82, 2.24) is 10.2 Å². The summed E-state index contributed by atoms with van der Waals surface area (Å²) in [6.45, 7) is 2.36. The first-order chi connectivity index (χ1) is 18.3. The normalized spacial score (nSPS) is 21.7. The van der Waals surface area contributed by atoms with E-state index >= 15 is 0 Å². The highest BCUT2D eigenvalue weighted by Crippen LogP contribution is 2.43. The first-order valence-electron chi connectivity index (χ1n) is 12.8. The summed E-state index contributed by atoms with van der Waals surface area (Å²) >= 11 is 0. The van der Waals surface area contributed by atoms with Crippen molar-refractivity contribution in [2.45, 2.75) is 68.8 Å². The second-order valence-corrected chi connectivity index (χ2v) is 10.2. The zero-order valence-electron chi connectivity index (χ0n) is 21.7. The van der Waals surface area contributed by atoms with Crippen LogP contribution < -0.4 is 10.1 Å². The van der Waals surface area contributed by atoms with E-state index in [9.17, 15) is 31.5 Å². The number of likely N-dealkylation sites (tertiary alicyclic amines) is 1. The van der Waals surface area contributed by atoms with E-state index in [-0.39, 0.29) is 31.0 Å². The number of nitrogens with zero attached hydrogens (tertiary/aromatic N) is 1. The molecular formula is C28H31F5N2O4. The maximum Gasteiger partial charge on any atom is 0.416 e. The Labute approximate surface area is 223 Å². The SMILES string of the molecule is COC(=O)c1ccc([C@H](C)NC(=O)C2(N3CC[C@@H](Oc4cccc(C(F)(F)F)c4)C3)CCC(F)(F)CC2)cc1. The zero-order valence-corrected chi connectivity index (χ0v) is 21.7. The molecule has 0 spiro atoms. The van der Waals surface area contributed by atoms with Gasteiger partial charge in [-0.2, -0.15) is 13.2 Å². The van der Waals surface area contributed by atoms with Crippen LogP contribution in [0.2, 0.25) is 0 Å². The molecule has 2 aromatic carbocycles. The summed E-state index contributed by atoms with van der Waals surface area (Å²) in [5.74, 6) is -3.68. The van der Waals surface area contributed by atoms with E-state index < -0.39 is 54.2 Å². The molecule has 39 heavy (non-hydrogen) atoms. The van der Waals surface area contributed by atoms with Crippen molar-refractivity contribution >= 4 is 11.9 Å². The molecule has 0 unspecified atom stereocenters. The van der Waals surface area contributed by atoms with Crippen molar-refractivity contribution in [3.63, 3.8) is 0 Å². The second kappa shape index (κ2) is 11.1. The van der Waals surface area contributed by atoms with Gasteiger partial charge in [-0.15, -0.1) is 0 Å². The average molecular weight is 555 g/mol. The average Bonchev–Trinajstić information content (AvgIpc) is 3.37. The van der Waals surface area contributed by atoms with E-state index in [2.05, 4.69) is 5.32 Å². The number of methoxy groups -OCH3 is 1. The predicted octanol–water partition coefficient (Wildman–Crippen LogP) is 5.77. The fraction of sp³-hybridized carbons (Fsp3) is 0.500. The van der Waals surface area contributed by atoms with Gasteiger partial charge in [-0.05, 0) is 62.1 Å². The number of amides is 1. The minimum absolute atomic E-state index is 0.0594. The van der Waals surface area contributed by atoms with Gasteiger partial charge in [0, 0.05) is 25.9 Å². The lowest BCUT2D eigenvalue weighted by Crippen LogP contribution is -2.61. The third-order valence-corrected chi connectivity index (χ3v) is 7.63. The minimum atomic E-state index is -4.51. The van der Waals surface area contributed by atoms with Crippen molar-refractivity contribution in [2.75, 3.05) is 20.2 Å². The summed E-state index contributed by atoms with van der Waals surface area (Å²) < 4.78 is 78.1. The van der Waals surface area contributed by atoms with E-state index in [1.54, 1.807) is 31.2 Å². The van der Waals surface area contributed by atoms with Crippen LogP contribution in [0.15, 0.2) is 48.5 Å². The molecule has 1 heterocycles. The Bertz CT molecular complexity index is 1180. The Kier molecular flexibility index (Phi) is 8.20. The first kappa shape index (κ1) is 28.8. The minimum Gasteiger partial charge on any atom is -0.489 e. The lowest BCUT2D eigenvalue weighted by atomic mass is 9.77. The van der Waals surface area contributed by atoms with Crippen LogP contribution in [0.5, 0.6) is 5.75 Å². The summed E-state index contributed by atoms with van der Waals surface area (Å²) in [4.78, 5) is 27.2. The molecule has 2 atom stereocenters. The molecule has 1 N–H and O–H groups in total. The van der Waals surface area contributed by atoms with Gasteiger partial charge in [-0.3, -0.25) is 9.69 Å². The van der Waals surface area contributed by atoms with Gasteiger partial charge < -0.3 is 14.8 Å². The van der Waals surface area contributed by atoms with Gasteiger partial charge in [0.1, 0.15) is 17.4 Å². The van der Waals surface area contributed by atoms with Crippen molar-refractivity contribution in [3.8, 4) is 5.75 Å². The molecule has 2 fully saturated rings. The van der Waals surface area contributed by atoms with Gasteiger partial charge in [0.05, 0.1) is 24.3 Å². The molecule has 11 heteroatoms. The molecule has 2 aliphatic rings. The summed E-state index contributed by atoms with van der Waals surface area (Å²) in [5, 5.41) is 2.95. The number of rotatable bonds is 7. The van der Waals surface area contributed by atoms with E-state index in [0.717, 1.165) is 17.7 Å². The summed E-state index contributed by atoms with van der Waals surface area (Å²) in [5.41, 5.74) is -0.948. The van der Waals surface area contributed by atoms with Crippen LogP contribution in [0.25, 0.3) is 0 Å². The largest absolute Gasteiger partial charge is 0.489 e. The maximum absolute atomic E-state index is 14.2. The van der Waals surface area contributed by atoms with Gasteiger partial charge in [0.2, 0.25) is 11.8 Å². The number of hydrogen-bond donors (Lipinski definition) is 1. The van der Waals surface area contributed by atoms with Crippen LogP contribution in [0, 0.1) is 0 Å². The van der Waals surface area contributed by atoms with Crippen LogP contribution in [0.1, 0.15) is 66.6 Å². The number of benzene rings is 2. The Hall–Kier alpha value is -3.21. The fourth-order valence-corrected chi connectivity index (χ4v) is 5.31. The van der Waals surface area contributed by atoms with Crippen molar-refractivity contribution in [2.24, 2.45) is 0 Å². The molecule has 2 aromatic rings. The summed E-state index contributed by atoms with van der Waals surface area (Å²) in [7, 11) is 1.28. The number of carbonyl (C=O) groups is 2. The molecule has 1 amide bonds. The highest BCUT2D eigenvalue weighted by atomic mass is 19.4. The van der Waals surface area contributed by atoms with Crippen LogP contribution in [0.3, 0.4) is 0 Å². The summed E-state index contributed by atoms with van der Waals surface area (Å²) in [6, 6.07) is 10.7. The maximum atomic E-state index is 14.2. The monoisotopic (exact) mass is 554 g/mol. The van der Waals surface area contributed by atoms with E-state index in [4.69, 9.17) is 9.47 Å². The van der Waals surface area contributed by atoms with Crippen LogP contribution in [-0.2, 0) is 15.7 Å². The van der Waals surface area contributed by atoms with Gasteiger partial charge in [-0.1, -0.05) is 18.2 Å². The molecular weight excluding hydrogens is 523 g/mol. The van der Waals surface area contributed by atoms with Crippen molar-refractivity contribution < 1.29 is 41.0 Å². The number of nitrogens with one attached hydrogen (secondary N) is 1. The zero-order chi connectivity index (χ0) is 28.4. The fourth-order valence-electron chi connectivity index (χ4n) is 5.31. The van der Waals surface area contributed by atoms with Crippen molar-refractivity contribution in [3.05, 3.63) is 65.2 Å². The Morgan fingerprint density at radius 3 is 2.33 bits per heavy atom. The molecule has 212 valence electrons. The lowest BCUT2D eigenvalue weighted by molar-refractivity contribution is -0.143. The highest BCUT2D eigenvalue weighted by Gasteiger charge is 2.53. The number of hydrogen-bond acceptors (Lipinski definition) is 5. The molecule has 1 saturated carbocycles. The summed E-state index contributed by atoms with van der Waals surface area (Å²) in [6.07, 6.45) is -5.58. The third-order valence-electron chi connectivity index (χ3n) is 7.63. The Morgan fingerprint density at radius 1 is 1.05 bits per heavy atom. The van der Waals surface area contributed by atoms with E-state index in [0.29, 0.717) is 18.5 Å². The Morgan fingerprint density at radius 2 is 1.72 bits per heavy atom. The molecule has 6 nitrogen and oxygen atoms in total. The standard InChI is InChI=1S/C28H31F5N2O4/c1-18(19-6-8-20(9-7-19)24(36)38-2)34-25(37)26(11-13-27(29,30)14-12-26)35-15-10-23(17-35)39-22-5-3-4-21(16-22)28(31,32)33/h3-9,16,18,23H,10-15,17H2,1-2H3,(H,34,37)/t18-,23+/m0/s1. The van der Waals surface area contributed by atoms with Crippen LogP contribution in [0.4, 0.5) is 22.0 Å². The van der Waals surface area contributed by atoms with Gasteiger partial charge in [0.15, 0.2) is 0 Å². The van der Waals surface area contributed by atoms with Gasteiger partial charge in [0.25, 0.3) is 0 Å². The predicted molar refractivity (Wildman–Crippen MR) is 133 cm³/mol. The smallest absolute Gasteiger partial charge is 0.416 e. The van der Waals surface area contributed by atoms with Gasteiger partial charge in [-0.25, -0.2) is 13.6 Å². The number of carbonyl (C=O) groups excluding carboxylic acids is 2. The van der Waals surface area contributed by atoms with Gasteiger partial charge >= 0.3 is 12.1 Å².